The maximum atomic E-state index is 13.5. The summed E-state index contributed by atoms with van der Waals surface area (Å²) in [6, 6.07) is 4.09. The molecule has 0 radical (unpaired) electrons. The molecule has 1 aromatic heterocycles. The minimum absolute atomic E-state index is 0.0494. The fourth-order valence-electron chi connectivity index (χ4n) is 6.32. The van der Waals surface area contributed by atoms with Crippen LogP contribution in [-0.2, 0) is 7.05 Å². The third kappa shape index (κ3) is 4.91. The van der Waals surface area contributed by atoms with Crippen molar-refractivity contribution in [2.75, 3.05) is 5.32 Å². The van der Waals surface area contributed by atoms with Crippen LogP contribution in [0.3, 0.4) is 0 Å². The van der Waals surface area contributed by atoms with Crippen molar-refractivity contribution in [3.05, 3.63) is 46.8 Å². The molecule has 0 spiro atoms. The van der Waals surface area contributed by atoms with Crippen LogP contribution in [0.25, 0.3) is 0 Å². The van der Waals surface area contributed by atoms with Gasteiger partial charge in [0.05, 0.1) is 22.6 Å². The van der Waals surface area contributed by atoms with Gasteiger partial charge in [0, 0.05) is 24.6 Å². The number of halogens is 2. The van der Waals surface area contributed by atoms with E-state index in [1.165, 1.54) is 18.2 Å². The zero-order valence-electron chi connectivity index (χ0n) is 20.9. The Morgan fingerprint density at radius 3 is 2.53 bits per heavy atom. The minimum atomic E-state index is -0.952. The number of nitrogens with one attached hydrogen (secondary N) is 1. The van der Waals surface area contributed by atoms with Gasteiger partial charge in [-0.15, -0.1) is 0 Å². The van der Waals surface area contributed by atoms with Crippen LogP contribution in [0.1, 0.15) is 74.5 Å². The number of aliphatic hydroxyl groups is 2. The summed E-state index contributed by atoms with van der Waals surface area (Å²) in [5.41, 5.74) is 0.0561. The molecular weight excluding hydrogens is 481 g/mol. The van der Waals surface area contributed by atoms with E-state index in [2.05, 4.69) is 22.1 Å². The Morgan fingerprint density at radius 1 is 1.25 bits per heavy atom. The van der Waals surface area contributed by atoms with Gasteiger partial charge in [0.25, 0.3) is 5.91 Å². The van der Waals surface area contributed by atoms with Crippen molar-refractivity contribution in [1.82, 2.24) is 9.55 Å². The van der Waals surface area contributed by atoms with Crippen molar-refractivity contribution in [3.8, 4) is 11.8 Å². The van der Waals surface area contributed by atoms with Crippen LogP contribution in [0.2, 0.25) is 5.02 Å². The first-order valence-electron chi connectivity index (χ1n) is 12.7. The molecule has 192 valence electrons. The van der Waals surface area contributed by atoms with Gasteiger partial charge >= 0.3 is 0 Å². The molecule has 0 aliphatic heterocycles. The number of fused-ring (bicyclic) bond motifs is 1. The largest absolute Gasteiger partial charge is 0.390 e. The fourth-order valence-corrected chi connectivity index (χ4v) is 6.51. The first kappa shape index (κ1) is 25.3. The molecule has 5 rings (SSSR count). The number of hydrogen-bond acceptors (Lipinski definition) is 4. The third-order valence-corrected chi connectivity index (χ3v) is 8.72. The quantitative estimate of drug-likeness (QED) is 0.507. The molecule has 3 aliphatic carbocycles. The lowest BCUT2D eigenvalue weighted by Gasteiger charge is -2.40. The van der Waals surface area contributed by atoms with Gasteiger partial charge < -0.3 is 20.1 Å². The van der Waals surface area contributed by atoms with Crippen molar-refractivity contribution in [2.24, 2.45) is 30.7 Å². The zero-order chi connectivity index (χ0) is 25.8. The average molecular weight is 514 g/mol. The number of carbonyl (C=O) groups excluding carboxylic acids is 1. The summed E-state index contributed by atoms with van der Waals surface area (Å²) in [5, 5.41) is 24.0. The van der Waals surface area contributed by atoms with E-state index in [9.17, 15) is 19.4 Å². The van der Waals surface area contributed by atoms with E-state index in [1.807, 2.05) is 13.8 Å². The van der Waals surface area contributed by atoms with E-state index in [1.54, 1.807) is 17.9 Å². The second-order valence-electron chi connectivity index (χ2n) is 11.6. The Labute approximate surface area is 216 Å². The Kier molecular flexibility index (Phi) is 6.43. The normalized spacial score (nSPS) is 31.4. The minimum Gasteiger partial charge on any atom is -0.390 e. The molecule has 6 nitrogen and oxygen atoms in total. The molecule has 2 aromatic rings. The SMILES string of the molecule is Cn1cnc(C2CC3CC(O)(C#CC4CC(C(C)(C)O)C4)CC3C2)c1C(=O)Nc1ccc(F)c(Cl)c1. The number of aromatic nitrogens is 2. The molecule has 1 aromatic carbocycles. The highest BCUT2D eigenvalue weighted by molar-refractivity contribution is 6.31. The first-order chi connectivity index (χ1) is 16.9. The average Bonchev–Trinajstić information content (AvgIpc) is 3.39. The molecule has 36 heavy (non-hydrogen) atoms. The standard InChI is InChI=1S/C28H33ClFN3O3/c1-27(2,35)20-8-16(9-20)6-7-28(36)13-18-10-17(11-19(18)14-28)24-25(33(3)15-31-24)26(34)32-21-4-5-23(30)22(29)12-21/h4-5,12,15-20,35-36H,8-11,13-14H2,1-3H3,(H,32,34). The maximum absolute atomic E-state index is 13.5. The van der Waals surface area contributed by atoms with Crippen molar-refractivity contribution in [1.29, 1.82) is 0 Å². The highest BCUT2D eigenvalue weighted by Gasteiger charge is 2.49. The maximum Gasteiger partial charge on any atom is 0.274 e. The van der Waals surface area contributed by atoms with Crippen LogP contribution in [0.15, 0.2) is 24.5 Å². The van der Waals surface area contributed by atoms with Crippen LogP contribution in [-0.4, -0.2) is 36.9 Å². The van der Waals surface area contributed by atoms with E-state index in [0.717, 1.165) is 31.4 Å². The highest BCUT2D eigenvalue weighted by atomic mass is 35.5. The summed E-state index contributed by atoms with van der Waals surface area (Å²) in [4.78, 5) is 17.7. The van der Waals surface area contributed by atoms with Gasteiger partial charge in [-0.3, -0.25) is 4.79 Å². The number of aryl methyl sites for hydroxylation is 1. The molecule has 8 heteroatoms. The zero-order valence-corrected chi connectivity index (χ0v) is 21.6. The lowest BCUT2D eigenvalue weighted by atomic mass is 9.67. The fraction of sp³-hybridized carbons (Fsp3) is 0.571. The highest BCUT2D eigenvalue weighted by Crippen LogP contribution is 2.54. The molecule has 3 saturated carbocycles. The van der Waals surface area contributed by atoms with Gasteiger partial charge in [0.2, 0.25) is 0 Å². The monoisotopic (exact) mass is 513 g/mol. The second-order valence-corrected chi connectivity index (χ2v) is 12.0. The van der Waals surface area contributed by atoms with E-state index in [0.29, 0.717) is 36.1 Å². The van der Waals surface area contributed by atoms with Crippen LogP contribution in [0, 0.1) is 41.3 Å². The number of anilines is 1. The van der Waals surface area contributed by atoms with Crippen molar-refractivity contribution >= 4 is 23.2 Å². The van der Waals surface area contributed by atoms with Gasteiger partial charge in [-0.2, -0.15) is 0 Å². The predicted molar refractivity (Wildman–Crippen MR) is 136 cm³/mol. The number of carbonyl (C=O) groups is 1. The van der Waals surface area contributed by atoms with Gasteiger partial charge in [-0.1, -0.05) is 23.4 Å². The third-order valence-electron chi connectivity index (χ3n) is 8.43. The van der Waals surface area contributed by atoms with E-state index in [-0.39, 0.29) is 28.7 Å². The van der Waals surface area contributed by atoms with E-state index in [4.69, 9.17) is 11.6 Å². The summed E-state index contributed by atoms with van der Waals surface area (Å²) in [5.74, 6) is 6.97. The van der Waals surface area contributed by atoms with E-state index < -0.39 is 17.0 Å². The van der Waals surface area contributed by atoms with Crippen LogP contribution < -0.4 is 5.32 Å². The van der Waals surface area contributed by atoms with Crippen molar-refractivity contribution in [3.63, 3.8) is 0 Å². The Bertz CT molecular complexity index is 1220. The lowest BCUT2D eigenvalue weighted by Crippen LogP contribution is -2.40. The number of hydrogen-bond donors (Lipinski definition) is 3. The summed E-state index contributed by atoms with van der Waals surface area (Å²) >= 11 is 5.86. The number of rotatable bonds is 4. The lowest BCUT2D eigenvalue weighted by molar-refractivity contribution is -0.0317. The molecule has 2 unspecified atom stereocenters. The molecular formula is C28H33ClFN3O3. The number of amides is 1. The second kappa shape index (κ2) is 9.16. The Morgan fingerprint density at radius 2 is 1.92 bits per heavy atom. The summed E-state index contributed by atoms with van der Waals surface area (Å²) in [6.45, 7) is 3.69. The predicted octanol–water partition coefficient (Wildman–Crippen LogP) is 4.90. The number of benzene rings is 1. The Hall–Kier alpha value is -2.40. The van der Waals surface area contributed by atoms with Crippen molar-refractivity contribution < 1.29 is 19.4 Å². The van der Waals surface area contributed by atoms with Gasteiger partial charge in [0.15, 0.2) is 0 Å². The van der Waals surface area contributed by atoms with Crippen LogP contribution >= 0.6 is 11.6 Å². The molecule has 3 N–H and O–H groups in total. The molecule has 3 fully saturated rings. The smallest absolute Gasteiger partial charge is 0.274 e. The molecule has 1 amide bonds. The molecule has 0 saturated heterocycles. The van der Waals surface area contributed by atoms with E-state index >= 15 is 0 Å². The molecule has 1 heterocycles. The topological polar surface area (TPSA) is 87.4 Å². The van der Waals surface area contributed by atoms with Crippen LogP contribution in [0.5, 0.6) is 0 Å². The summed E-state index contributed by atoms with van der Waals surface area (Å²) in [7, 11) is 1.79. The Balaban J connectivity index is 1.22. The van der Waals surface area contributed by atoms with Gasteiger partial charge in [-0.25, -0.2) is 9.37 Å². The number of imidazole rings is 1. The number of nitrogens with zero attached hydrogens (tertiary/aromatic N) is 2. The molecule has 2 atom stereocenters. The van der Waals surface area contributed by atoms with Gasteiger partial charge in [0.1, 0.15) is 17.1 Å². The van der Waals surface area contributed by atoms with Crippen molar-refractivity contribution in [2.45, 2.75) is 69.5 Å². The van der Waals surface area contributed by atoms with Crippen LogP contribution in [0.4, 0.5) is 10.1 Å². The summed E-state index contributed by atoms with van der Waals surface area (Å²) in [6.07, 6.45) is 6.43. The first-order valence-corrected chi connectivity index (χ1v) is 13.0. The molecule has 3 aliphatic rings. The summed E-state index contributed by atoms with van der Waals surface area (Å²) < 4.78 is 15.2. The van der Waals surface area contributed by atoms with Gasteiger partial charge in [-0.05, 0) is 88.3 Å². The molecule has 0 bridgehead atoms.